The molecule has 0 saturated heterocycles. The van der Waals surface area contributed by atoms with Crippen LogP contribution in [0.3, 0.4) is 0 Å². The van der Waals surface area contributed by atoms with Crippen molar-refractivity contribution in [1.29, 1.82) is 0 Å². The van der Waals surface area contributed by atoms with Crippen LogP contribution in [0.2, 0.25) is 0 Å². The molecular weight excluding hydrogens is 504 g/mol. The van der Waals surface area contributed by atoms with E-state index in [1.807, 2.05) is 12.1 Å². The van der Waals surface area contributed by atoms with Crippen LogP contribution in [0, 0.1) is 34.5 Å². The predicted octanol–water partition coefficient (Wildman–Crippen LogP) is 9.55. The third kappa shape index (κ3) is 4.92. The fourth-order valence-corrected chi connectivity index (χ4v) is 11.3. The Morgan fingerprint density at radius 2 is 1.27 bits per heavy atom. The smallest absolute Gasteiger partial charge is 0.188 e. The molecule has 0 bridgehead atoms. The molecule has 4 fully saturated rings. The van der Waals surface area contributed by atoms with Crippen LogP contribution in [0.25, 0.3) is 0 Å². The lowest BCUT2D eigenvalue weighted by atomic mass is 9.56. The summed E-state index contributed by atoms with van der Waals surface area (Å²) in [5, 5.41) is 9.68. The maximum atomic E-state index is 9.68. The van der Waals surface area contributed by atoms with E-state index in [4.69, 9.17) is 9.47 Å². The number of ether oxygens (including phenoxy) is 2. The molecule has 0 amide bonds. The summed E-state index contributed by atoms with van der Waals surface area (Å²) in [6.07, 6.45) is 19.5. The Kier molecular flexibility index (Phi) is 7.41. The summed E-state index contributed by atoms with van der Waals surface area (Å²) >= 11 is 0. The molecule has 41 heavy (non-hydrogen) atoms. The first-order valence-electron chi connectivity index (χ1n) is 16.9. The highest BCUT2D eigenvalue weighted by Crippen LogP contribution is 2.62. The molecule has 6 unspecified atom stereocenters. The van der Waals surface area contributed by atoms with Crippen molar-refractivity contribution in [3.05, 3.63) is 58.7 Å². The second-order valence-electron chi connectivity index (χ2n) is 15.3. The quantitative estimate of drug-likeness (QED) is 0.383. The molecule has 3 heteroatoms. The van der Waals surface area contributed by atoms with Gasteiger partial charge in [0.25, 0.3) is 0 Å². The van der Waals surface area contributed by atoms with Gasteiger partial charge in [0.05, 0.1) is 0 Å². The van der Waals surface area contributed by atoms with Crippen molar-refractivity contribution in [1.82, 2.24) is 0 Å². The normalized spacial score (nSPS) is 38.2. The number of hydrogen-bond acceptors (Lipinski definition) is 3. The molecule has 8 atom stereocenters. The Bertz CT molecular complexity index is 1250. The van der Waals surface area contributed by atoms with Crippen molar-refractivity contribution in [2.45, 2.75) is 116 Å². The number of rotatable bonds is 3. The molecule has 0 radical (unpaired) electrons. The van der Waals surface area contributed by atoms with Gasteiger partial charge in [0.1, 0.15) is 11.5 Å². The van der Waals surface area contributed by atoms with Crippen molar-refractivity contribution >= 4 is 0 Å². The van der Waals surface area contributed by atoms with Crippen molar-refractivity contribution in [2.24, 2.45) is 34.5 Å². The molecular formula is C38H52O3. The Labute approximate surface area is 248 Å². The van der Waals surface area contributed by atoms with E-state index in [1.54, 1.807) is 18.2 Å². The van der Waals surface area contributed by atoms with Gasteiger partial charge in [-0.25, -0.2) is 0 Å². The van der Waals surface area contributed by atoms with E-state index in [9.17, 15) is 5.11 Å². The molecule has 6 aliphatic rings. The van der Waals surface area contributed by atoms with E-state index in [0.29, 0.717) is 23.4 Å². The molecule has 3 nitrogen and oxygen atoms in total. The molecule has 222 valence electrons. The highest BCUT2D eigenvalue weighted by atomic mass is 16.7. The summed E-state index contributed by atoms with van der Waals surface area (Å²) in [5.74, 6) is 6.77. The summed E-state index contributed by atoms with van der Waals surface area (Å²) < 4.78 is 10.6. The second kappa shape index (κ2) is 10.9. The Morgan fingerprint density at radius 1 is 0.707 bits per heavy atom. The number of fused-ring (bicyclic) bond motifs is 10. The van der Waals surface area contributed by atoms with E-state index >= 15 is 0 Å². The fourth-order valence-electron chi connectivity index (χ4n) is 11.3. The van der Waals surface area contributed by atoms with E-state index in [-0.39, 0.29) is 0 Å². The van der Waals surface area contributed by atoms with Crippen LogP contribution in [0.4, 0.5) is 0 Å². The van der Waals surface area contributed by atoms with Gasteiger partial charge in [-0.15, -0.1) is 0 Å². The second-order valence-corrected chi connectivity index (χ2v) is 15.3. The average molecular weight is 557 g/mol. The van der Waals surface area contributed by atoms with Crippen molar-refractivity contribution in [2.75, 3.05) is 13.9 Å². The monoisotopic (exact) mass is 556 g/mol. The molecule has 0 aromatic heterocycles. The highest BCUT2D eigenvalue weighted by molar-refractivity contribution is 5.41. The van der Waals surface area contributed by atoms with Crippen molar-refractivity contribution in [3.63, 3.8) is 0 Å². The minimum Gasteiger partial charge on any atom is -0.508 e. The maximum Gasteiger partial charge on any atom is 0.188 e. The summed E-state index contributed by atoms with van der Waals surface area (Å²) in [6.45, 7) is 5.45. The van der Waals surface area contributed by atoms with Gasteiger partial charge in [-0.05, 0) is 170 Å². The van der Waals surface area contributed by atoms with E-state index in [2.05, 4.69) is 38.1 Å². The minimum absolute atomic E-state index is 0.339. The van der Waals surface area contributed by atoms with Gasteiger partial charge in [-0.3, -0.25) is 0 Å². The molecule has 4 saturated carbocycles. The lowest BCUT2D eigenvalue weighted by molar-refractivity contribution is 0.0502. The van der Waals surface area contributed by atoms with E-state index < -0.39 is 0 Å². The molecule has 2 aromatic rings. The zero-order valence-electron chi connectivity index (χ0n) is 25.8. The molecule has 0 aliphatic heterocycles. The molecule has 2 aromatic carbocycles. The summed E-state index contributed by atoms with van der Waals surface area (Å²) in [6, 6.07) is 12.8. The van der Waals surface area contributed by atoms with Crippen LogP contribution in [0.15, 0.2) is 36.4 Å². The summed E-state index contributed by atoms with van der Waals surface area (Å²) in [4.78, 5) is 0. The number of phenols is 1. The Morgan fingerprint density at radius 3 is 1.85 bits per heavy atom. The predicted molar refractivity (Wildman–Crippen MR) is 166 cm³/mol. The molecule has 6 aliphatic carbocycles. The number of benzene rings is 2. The van der Waals surface area contributed by atoms with Gasteiger partial charge in [-0.2, -0.15) is 0 Å². The van der Waals surface area contributed by atoms with Crippen LogP contribution in [-0.2, 0) is 17.6 Å². The molecule has 0 spiro atoms. The first kappa shape index (κ1) is 27.8. The van der Waals surface area contributed by atoms with Gasteiger partial charge in [-0.1, -0.05) is 38.8 Å². The first-order valence-corrected chi connectivity index (χ1v) is 16.9. The Balaban J connectivity index is 0.000000136. The first-order chi connectivity index (χ1) is 19.9. The lowest BCUT2D eigenvalue weighted by Gasteiger charge is -2.49. The molecule has 8 rings (SSSR count). The van der Waals surface area contributed by atoms with Gasteiger partial charge in [0.15, 0.2) is 6.79 Å². The van der Waals surface area contributed by atoms with E-state index in [0.717, 1.165) is 41.3 Å². The third-order valence-electron chi connectivity index (χ3n) is 13.3. The largest absolute Gasteiger partial charge is 0.508 e. The number of hydrogen-bond donors (Lipinski definition) is 1. The molecule has 1 N–H and O–H groups in total. The van der Waals surface area contributed by atoms with Crippen molar-refractivity contribution in [3.8, 4) is 11.5 Å². The van der Waals surface area contributed by atoms with Gasteiger partial charge < -0.3 is 14.6 Å². The third-order valence-corrected chi connectivity index (χ3v) is 13.3. The van der Waals surface area contributed by atoms with Crippen LogP contribution in [0.5, 0.6) is 11.5 Å². The van der Waals surface area contributed by atoms with Crippen LogP contribution in [0.1, 0.15) is 125 Å². The molecule has 0 heterocycles. The summed E-state index contributed by atoms with van der Waals surface area (Å²) in [7, 11) is 1.67. The van der Waals surface area contributed by atoms with Gasteiger partial charge in [0.2, 0.25) is 0 Å². The maximum absolute atomic E-state index is 9.68. The number of phenolic OH excluding ortho intramolecular Hbond substituents is 1. The standard InChI is InChI=1S/C20H28O2.C18H24O/c1-20-10-3-4-19(20)18-7-5-14-12-15(22-13-21-2)6-8-16(14)17(18)9-11-20;1-18-9-2-3-17(18)16-6-4-12-11-13(19)5-7-14(12)15(16)8-10-18/h6,8,12,17-19H,3-5,7,9-11,13H2,1-2H3;5,7,11,15-17,19H,2-4,6,8-10H2,1H3/t17?,18?,19?,20-;15?,16?,17?,18-/m00/s1. The number of aryl methyl sites for hydroxylation is 2. The zero-order chi connectivity index (χ0) is 28.2. The topological polar surface area (TPSA) is 38.7 Å². The minimum atomic E-state index is 0.339. The average Bonchev–Trinajstić information content (AvgIpc) is 3.58. The SMILES string of the molecule is COCOc1ccc2c(c1)CCC1C2CC[C@]2(C)CCCC12.C[C@@]12CCCC1C1CCc3cc(O)ccc3C1CC2. The lowest BCUT2D eigenvalue weighted by Crippen LogP contribution is -2.39. The fraction of sp³-hybridized carbons (Fsp3) is 0.684. The van der Waals surface area contributed by atoms with Gasteiger partial charge >= 0.3 is 0 Å². The number of aromatic hydroxyl groups is 1. The van der Waals surface area contributed by atoms with Gasteiger partial charge in [0, 0.05) is 7.11 Å². The van der Waals surface area contributed by atoms with Crippen LogP contribution < -0.4 is 4.74 Å². The van der Waals surface area contributed by atoms with Crippen molar-refractivity contribution < 1.29 is 14.6 Å². The summed E-state index contributed by atoms with van der Waals surface area (Å²) in [5.41, 5.74) is 7.42. The Hall–Kier alpha value is -2.00. The van der Waals surface area contributed by atoms with Crippen LogP contribution in [-0.4, -0.2) is 19.0 Å². The van der Waals surface area contributed by atoms with E-state index in [1.165, 1.54) is 101 Å². The number of methoxy groups -OCH3 is 1. The zero-order valence-corrected chi connectivity index (χ0v) is 25.8. The van der Waals surface area contributed by atoms with Crippen LogP contribution >= 0.6 is 0 Å². The highest BCUT2D eigenvalue weighted by Gasteiger charge is 2.51.